The average molecular weight is 154 g/mol. The molecule has 0 heterocycles. The smallest absolute Gasteiger partial charge is 0.223 e. The molecule has 1 aliphatic carbocycles. The molecule has 0 unspecified atom stereocenters. The molecule has 0 atom stereocenters. The Kier molecular flexibility index (Phi) is 3.40. The lowest BCUT2D eigenvalue weighted by Gasteiger charge is -2.20. The second-order valence-corrected chi connectivity index (χ2v) is 3.13. The number of nitrogens with one attached hydrogen (secondary N) is 1. The molecule has 0 aromatic carbocycles. The Morgan fingerprint density at radius 3 is 2.55 bits per heavy atom. The molecule has 1 rings (SSSR count). The van der Waals surface area contributed by atoms with Crippen LogP contribution < -0.4 is 5.32 Å². The maximum absolute atomic E-state index is 11.2. The molecule has 1 amide bonds. The molecule has 0 aliphatic heterocycles. The van der Waals surface area contributed by atoms with Crippen LogP contribution in [0.2, 0.25) is 0 Å². The third-order valence-corrected chi connectivity index (χ3v) is 2.28. The minimum Gasteiger partial charge on any atom is -0.356 e. The molecule has 2 nitrogen and oxygen atoms in total. The Morgan fingerprint density at radius 1 is 1.36 bits per heavy atom. The molecule has 1 N–H and O–H groups in total. The van der Waals surface area contributed by atoms with Crippen molar-refractivity contribution in [3.63, 3.8) is 0 Å². The molecule has 0 saturated heterocycles. The average Bonchev–Trinajstić information content (AvgIpc) is 2.07. The summed E-state index contributed by atoms with van der Waals surface area (Å²) in [5.41, 5.74) is 0. The van der Waals surface area contributed by atoms with E-state index in [0.29, 0.717) is 6.54 Å². The van der Waals surface area contributed by atoms with Gasteiger partial charge in [0.2, 0.25) is 5.91 Å². The highest BCUT2D eigenvalue weighted by Crippen LogP contribution is 2.23. The van der Waals surface area contributed by atoms with E-state index in [-0.39, 0.29) is 11.8 Å². The van der Waals surface area contributed by atoms with Crippen LogP contribution in [0.15, 0.2) is 0 Å². The van der Waals surface area contributed by atoms with Crippen molar-refractivity contribution in [3.8, 4) is 0 Å². The van der Waals surface area contributed by atoms with Gasteiger partial charge in [-0.2, -0.15) is 0 Å². The second-order valence-electron chi connectivity index (χ2n) is 3.13. The Labute approximate surface area is 68.4 Å². The van der Waals surface area contributed by atoms with Crippen molar-refractivity contribution in [2.75, 3.05) is 6.54 Å². The van der Waals surface area contributed by atoms with Gasteiger partial charge in [-0.05, 0) is 19.8 Å². The molecular formula is C9H16NO. The summed E-state index contributed by atoms with van der Waals surface area (Å²) in [6.45, 7) is 4.11. The number of hydrogen-bond acceptors (Lipinski definition) is 1. The fraction of sp³-hybridized carbons (Fsp3) is 0.778. The van der Waals surface area contributed by atoms with Crippen LogP contribution in [0.5, 0.6) is 0 Å². The fourth-order valence-electron chi connectivity index (χ4n) is 1.63. The minimum atomic E-state index is 0.208. The lowest BCUT2D eigenvalue weighted by atomic mass is 9.89. The van der Waals surface area contributed by atoms with E-state index in [2.05, 4.69) is 12.2 Å². The summed E-state index contributed by atoms with van der Waals surface area (Å²) >= 11 is 0. The van der Waals surface area contributed by atoms with Crippen molar-refractivity contribution >= 4 is 5.91 Å². The number of carbonyl (C=O) groups excluding carboxylic acids is 1. The van der Waals surface area contributed by atoms with Gasteiger partial charge in [0.25, 0.3) is 0 Å². The van der Waals surface area contributed by atoms with Crippen molar-refractivity contribution in [2.45, 2.75) is 32.1 Å². The summed E-state index contributed by atoms with van der Waals surface area (Å²) in [5.74, 6) is 0.491. The summed E-state index contributed by atoms with van der Waals surface area (Å²) in [5, 5.41) is 2.77. The predicted molar refractivity (Wildman–Crippen MR) is 44.9 cm³/mol. The first kappa shape index (κ1) is 8.57. The number of amides is 1. The van der Waals surface area contributed by atoms with Gasteiger partial charge in [-0.15, -0.1) is 0 Å². The zero-order chi connectivity index (χ0) is 8.10. The Hall–Kier alpha value is -0.530. The van der Waals surface area contributed by atoms with Crippen molar-refractivity contribution < 1.29 is 4.79 Å². The maximum atomic E-state index is 11.2. The van der Waals surface area contributed by atoms with Gasteiger partial charge in [-0.3, -0.25) is 4.79 Å². The third kappa shape index (κ3) is 2.52. The summed E-state index contributed by atoms with van der Waals surface area (Å²) < 4.78 is 0. The van der Waals surface area contributed by atoms with Crippen LogP contribution in [0.4, 0.5) is 0 Å². The highest BCUT2D eigenvalue weighted by Gasteiger charge is 2.19. The zero-order valence-electron chi connectivity index (χ0n) is 6.94. The van der Waals surface area contributed by atoms with E-state index in [1.165, 1.54) is 19.3 Å². The molecule has 2 heteroatoms. The first-order valence-corrected chi connectivity index (χ1v) is 4.41. The van der Waals surface area contributed by atoms with Crippen molar-refractivity contribution in [2.24, 2.45) is 5.92 Å². The summed E-state index contributed by atoms with van der Waals surface area (Å²) in [7, 11) is 0. The molecular weight excluding hydrogens is 138 g/mol. The van der Waals surface area contributed by atoms with Crippen molar-refractivity contribution in [3.05, 3.63) is 6.92 Å². The SMILES string of the molecule is [CH2]CNC(=O)C1CCCCC1. The molecule has 63 valence electrons. The molecule has 0 aromatic rings. The highest BCUT2D eigenvalue weighted by molar-refractivity contribution is 5.78. The second kappa shape index (κ2) is 4.37. The van der Waals surface area contributed by atoms with E-state index in [0.717, 1.165) is 12.8 Å². The van der Waals surface area contributed by atoms with Crippen LogP contribution in [-0.4, -0.2) is 12.5 Å². The topological polar surface area (TPSA) is 29.1 Å². The van der Waals surface area contributed by atoms with Gasteiger partial charge in [0.1, 0.15) is 0 Å². The van der Waals surface area contributed by atoms with Crippen LogP contribution in [0.25, 0.3) is 0 Å². The first-order valence-electron chi connectivity index (χ1n) is 4.41. The molecule has 1 fully saturated rings. The number of hydrogen-bond donors (Lipinski definition) is 1. The van der Waals surface area contributed by atoms with Gasteiger partial charge < -0.3 is 5.32 Å². The normalized spacial score (nSPS) is 19.7. The van der Waals surface area contributed by atoms with Gasteiger partial charge in [0.05, 0.1) is 0 Å². The lowest BCUT2D eigenvalue weighted by molar-refractivity contribution is -0.125. The van der Waals surface area contributed by atoms with E-state index >= 15 is 0 Å². The zero-order valence-corrected chi connectivity index (χ0v) is 6.94. The first-order chi connectivity index (χ1) is 5.34. The lowest BCUT2D eigenvalue weighted by Crippen LogP contribution is -2.31. The van der Waals surface area contributed by atoms with Crippen LogP contribution in [0.3, 0.4) is 0 Å². The predicted octanol–water partition coefficient (Wildman–Crippen LogP) is 1.52. The van der Waals surface area contributed by atoms with Gasteiger partial charge in [0.15, 0.2) is 0 Å². The molecule has 0 spiro atoms. The van der Waals surface area contributed by atoms with Crippen LogP contribution >= 0.6 is 0 Å². The van der Waals surface area contributed by atoms with Crippen LogP contribution in [-0.2, 0) is 4.79 Å². The Balaban J connectivity index is 2.27. The standard InChI is InChI=1S/C9H16NO/c1-2-10-9(11)8-6-4-3-5-7-8/h8H,1-7H2,(H,10,11). The van der Waals surface area contributed by atoms with Gasteiger partial charge in [0, 0.05) is 12.5 Å². The van der Waals surface area contributed by atoms with E-state index in [9.17, 15) is 4.79 Å². The minimum absolute atomic E-state index is 0.208. The number of carbonyl (C=O) groups is 1. The van der Waals surface area contributed by atoms with Crippen molar-refractivity contribution in [1.29, 1.82) is 0 Å². The van der Waals surface area contributed by atoms with E-state index in [1.807, 2.05) is 0 Å². The molecule has 11 heavy (non-hydrogen) atoms. The van der Waals surface area contributed by atoms with Gasteiger partial charge in [-0.25, -0.2) is 0 Å². The van der Waals surface area contributed by atoms with E-state index in [1.54, 1.807) is 0 Å². The third-order valence-electron chi connectivity index (χ3n) is 2.28. The van der Waals surface area contributed by atoms with Gasteiger partial charge >= 0.3 is 0 Å². The van der Waals surface area contributed by atoms with E-state index < -0.39 is 0 Å². The maximum Gasteiger partial charge on any atom is 0.223 e. The molecule has 1 aliphatic rings. The molecule has 0 aromatic heterocycles. The van der Waals surface area contributed by atoms with E-state index in [4.69, 9.17) is 0 Å². The Bertz CT molecular complexity index is 128. The fourth-order valence-corrected chi connectivity index (χ4v) is 1.63. The summed E-state index contributed by atoms with van der Waals surface area (Å²) in [6, 6.07) is 0. The van der Waals surface area contributed by atoms with Gasteiger partial charge in [-0.1, -0.05) is 19.3 Å². The number of rotatable bonds is 2. The highest BCUT2D eigenvalue weighted by atomic mass is 16.1. The summed E-state index contributed by atoms with van der Waals surface area (Å²) in [4.78, 5) is 11.2. The monoisotopic (exact) mass is 154 g/mol. The molecule has 0 bridgehead atoms. The Morgan fingerprint density at radius 2 is 2.00 bits per heavy atom. The van der Waals surface area contributed by atoms with Crippen LogP contribution in [0.1, 0.15) is 32.1 Å². The quantitative estimate of drug-likeness (QED) is 0.642. The molecule has 1 radical (unpaired) electrons. The molecule has 1 saturated carbocycles. The largest absolute Gasteiger partial charge is 0.356 e. The van der Waals surface area contributed by atoms with Crippen molar-refractivity contribution in [1.82, 2.24) is 5.32 Å². The summed E-state index contributed by atoms with van der Waals surface area (Å²) in [6.07, 6.45) is 5.89. The van der Waals surface area contributed by atoms with Crippen LogP contribution in [0, 0.1) is 12.8 Å².